The first-order valence-corrected chi connectivity index (χ1v) is 7.02. The molecule has 0 saturated carbocycles. The van der Waals surface area contributed by atoms with E-state index in [1.165, 1.54) is 6.42 Å². The van der Waals surface area contributed by atoms with Gasteiger partial charge in [-0.1, -0.05) is 6.07 Å². The lowest BCUT2D eigenvalue weighted by Gasteiger charge is -2.12. The number of aromatic nitrogens is 1. The number of hydrogen-bond donors (Lipinski definition) is 1. The van der Waals surface area contributed by atoms with Gasteiger partial charge in [0.2, 0.25) is 0 Å². The van der Waals surface area contributed by atoms with Crippen LogP contribution in [0.3, 0.4) is 0 Å². The molecule has 0 saturated heterocycles. The summed E-state index contributed by atoms with van der Waals surface area (Å²) in [5.74, 6) is 0.862. The van der Waals surface area contributed by atoms with Gasteiger partial charge in [0, 0.05) is 24.2 Å². The molecule has 1 heterocycles. The zero-order valence-corrected chi connectivity index (χ0v) is 12.5. The molecule has 108 valence electrons. The fourth-order valence-corrected chi connectivity index (χ4v) is 2.19. The van der Waals surface area contributed by atoms with Crippen LogP contribution in [-0.2, 0) is 0 Å². The highest BCUT2D eigenvalue weighted by Gasteiger charge is 2.05. The molecule has 0 bridgehead atoms. The van der Waals surface area contributed by atoms with Crippen molar-refractivity contribution in [3.05, 3.63) is 30.5 Å². The van der Waals surface area contributed by atoms with Gasteiger partial charge in [-0.15, -0.1) is 0 Å². The van der Waals surface area contributed by atoms with Crippen LogP contribution >= 0.6 is 0 Å². The lowest BCUT2D eigenvalue weighted by molar-refractivity contribution is 0.396. The molecule has 0 aliphatic heterocycles. The van der Waals surface area contributed by atoms with Gasteiger partial charge in [-0.3, -0.25) is 4.98 Å². The molecule has 0 aliphatic carbocycles. The number of nitrogens with one attached hydrogen (secondary N) is 1. The quantitative estimate of drug-likeness (QED) is 0.787. The van der Waals surface area contributed by atoms with E-state index < -0.39 is 0 Å². The van der Waals surface area contributed by atoms with Gasteiger partial charge in [0.25, 0.3) is 0 Å². The second-order valence-corrected chi connectivity index (χ2v) is 5.19. The van der Waals surface area contributed by atoms with E-state index in [9.17, 15) is 0 Å². The van der Waals surface area contributed by atoms with Gasteiger partial charge < -0.3 is 15.0 Å². The molecule has 0 aliphatic rings. The Labute approximate surface area is 120 Å². The fourth-order valence-electron chi connectivity index (χ4n) is 2.19. The summed E-state index contributed by atoms with van der Waals surface area (Å²) >= 11 is 0. The van der Waals surface area contributed by atoms with E-state index >= 15 is 0 Å². The number of pyridine rings is 1. The number of benzene rings is 1. The van der Waals surface area contributed by atoms with Gasteiger partial charge in [-0.05, 0) is 45.6 Å². The van der Waals surface area contributed by atoms with Gasteiger partial charge in [-0.2, -0.15) is 0 Å². The Balaban J connectivity index is 2.04. The van der Waals surface area contributed by atoms with Crippen LogP contribution in [0.4, 0.5) is 5.69 Å². The number of unbranched alkanes of at least 4 members (excludes halogenated alkanes) is 1. The van der Waals surface area contributed by atoms with Crippen molar-refractivity contribution in [2.24, 2.45) is 0 Å². The molecular weight excluding hydrogens is 250 g/mol. The predicted octanol–water partition coefficient (Wildman–Crippen LogP) is 3.00. The maximum Gasteiger partial charge on any atom is 0.121 e. The molecule has 1 aromatic carbocycles. The number of fused-ring (bicyclic) bond motifs is 1. The van der Waals surface area contributed by atoms with Crippen molar-refractivity contribution in [1.29, 1.82) is 0 Å². The average Bonchev–Trinajstić information content (AvgIpc) is 2.46. The minimum Gasteiger partial charge on any atom is -0.497 e. The summed E-state index contributed by atoms with van der Waals surface area (Å²) in [6.45, 7) is 2.07. The number of rotatable bonds is 7. The fraction of sp³-hybridized carbons (Fsp3) is 0.438. The summed E-state index contributed by atoms with van der Waals surface area (Å²) in [4.78, 5) is 6.67. The first-order valence-electron chi connectivity index (χ1n) is 7.02. The Kier molecular flexibility index (Phi) is 5.18. The van der Waals surface area contributed by atoms with Crippen LogP contribution in [0.1, 0.15) is 12.8 Å². The molecule has 0 fully saturated rings. The molecule has 0 unspecified atom stereocenters. The Morgan fingerprint density at radius 1 is 1.25 bits per heavy atom. The van der Waals surface area contributed by atoms with E-state index in [1.54, 1.807) is 7.11 Å². The lowest BCUT2D eigenvalue weighted by atomic mass is 10.1. The van der Waals surface area contributed by atoms with Gasteiger partial charge in [0.1, 0.15) is 5.75 Å². The van der Waals surface area contributed by atoms with Gasteiger partial charge in [-0.25, -0.2) is 0 Å². The van der Waals surface area contributed by atoms with Gasteiger partial charge in [0.05, 0.1) is 18.3 Å². The lowest BCUT2D eigenvalue weighted by Crippen LogP contribution is -2.14. The van der Waals surface area contributed by atoms with Crippen molar-refractivity contribution in [2.75, 3.05) is 39.6 Å². The van der Waals surface area contributed by atoms with Crippen molar-refractivity contribution in [2.45, 2.75) is 12.8 Å². The monoisotopic (exact) mass is 273 g/mol. The molecule has 2 rings (SSSR count). The van der Waals surface area contributed by atoms with E-state index in [4.69, 9.17) is 4.74 Å². The zero-order valence-electron chi connectivity index (χ0n) is 12.5. The van der Waals surface area contributed by atoms with Crippen LogP contribution in [0.2, 0.25) is 0 Å². The third-order valence-corrected chi connectivity index (χ3v) is 3.26. The molecule has 1 aromatic heterocycles. The Morgan fingerprint density at radius 3 is 2.85 bits per heavy atom. The van der Waals surface area contributed by atoms with Gasteiger partial charge >= 0.3 is 0 Å². The maximum atomic E-state index is 5.35. The summed E-state index contributed by atoms with van der Waals surface area (Å²) in [5, 5.41) is 4.57. The highest BCUT2D eigenvalue weighted by atomic mass is 16.5. The van der Waals surface area contributed by atoms with Crippen LogP contribution in [0.15, 0.2) is 30.5 Å². The molecule has 4 nitrogen and oxygen atoms in total. The third kappa shape index (κ3) is 3.84. The van der Waals surface area contributed by atoms with Crippen molar-refractivity contribution in [3.63, 3.8) is 0 Å². The summed E-state index contributed by atoms with van der Waals surface area (Å²) in [6.07, 6.45) is 4.16. The third-order valence-electron chi connectivity index (χ3n) is 3.26. The Hall–Kier alpha value is -1.81. The summed E-state index contributed by atoms with van der Waals surface area (Å²) in [5.41, 5.74) is 2.05. The largest absolute Gasteiger partial charge is 0.497 e. The number of hydrogen-bond acceptors (Lipinski definition) is 4. The van der Waals surface area contributed by atoms with Crippen LogP contribution in [-0.4, -0.2) is 44.2 Å². The number of methoxy groups -OCH3 is 1. The number of nitrogens with zero attached hydrogens (tertiary/aromatic N) is 2. The van der Waals surface area contributed by atoms with E-state index in [0.717, 1.165) is 41.9 Å². The average molecular weight is 273 g/mol. The van der Waals surface area contributed by atoms with Crippen LogP contribution in [0.25, 0.3) is 10.9 Å². The van der Waals surface area contributed by atoms with Crippen LogP contribution in [0.5, 0.6) is 5.75 Å². The van der Waals surface area contributed by atoms with Crippen molar-refractivity contribution >= 4 is 16.6 Å². The summed E-state index contributed by atoms with van der Waals surface area (Å²) in [6, 6.07) is 8.03. The molecule has 2 aromatic rings. The second-order valence-electron chi connectivity index (χ2n) is 5.19. The summed E-state index contributed by atoms with van der Waals surface area (Å²) in [7, 11) is 5.90. The molecule has 0 atom stereocenters. The zero-order chi connectivity index (χ0) is 14.4. The van der Waals surface area contributed by atoms with Crippen LogP contribution in [0, 0.1) is 0 Å². The minimum atomic E-state index is 0.862. The molecule has 4 heteroatoms. The van der Waals surface area contributed by atoms with E-state index in [2.05, 4.69) is 35.4 Å². The van der Waals surface area contributed by atoms with Crippen LogP contribution < -0.4 is 10.1 Å². The van der Waals surface area contributed by atoms with Crippen molar-refractivity contribution < 1.29 is 4.74 Å². The number of anilines is 1. The van der Waals surface area contributed by atoms with E-state index in [1.807, 2.05) is 24.4 Å². The Bertz CT molecular complexity index is 554. The highest BCUT2D eigenvalue weighted by molar-refractivity contribution is 5.91. The molecule has 20 heavy (non-hydrogen) atoms. The standard InChI is InChI=1S/C16H23N3O/c1-19(2)10-5-4-8-17-15-12-14(20-3)11-13-7-6-9-18-16(13)15/h6-7,9,11-12,17H,4-5,8,10H2,1-3H3. The first kappa shape index (κ1) is 14.6. The van der Waals surface area contributed by atoms with Crippen molar-refractivity contribution in [1.82, 2.24) is 9.88 Å². The Morgan fingerprint density at radius 2 is 2.10 bits per heavy atom. The highest BCUT2D eigenvalue weighted by Crippen LogP contribution is 2.27. The molecular formula is C16H23N3O. The number of ether oxygens (including phenoxy) is 1. The van der Waals surface area contributed by atoms with Gasteiger partial charge in [0.15, 0.2) is 0 Å². The van der Waals surface area contributed by atoms with E-state index in [-0.39, 0.29) is 0 Å². The topological polar surface area (TPSA) is 37.4 Å². The summed E-state index contributed by atoms with van der Waals surface area (Å²) < 4.78 is 5.35. The normalized spacial score (nSPS) is 11.0. The SMILES string of the molecule is COc1cc(NCCCCN(C)C)c2ncccc2c1. The molecule has 0 radical (unpaired) electrons. The smallest absolute Gasteiger partial charge is 0.121 e. The molecule has 0 amide bonds. The molecule has 0 spiro atoms. The maximum absolute atomic E-state index is 5.35. The van der Waals surface area contributed by atoms with Crippen molar-refractivity contribution in [3.8, 4) is 5.75 Å². The molecule has 1 N–H and O–H groups in total. The minimum absolute atomic E-state index is 0.862. The van der Waals surface area contributed by atoms with E-state index in [0.29, 0.717) is 0 Å². The first-order chi connectivity index (χ1) is 9.70. The predicted molar refractivity (Wildman–Crippen MR) is 84.6 cm³/mol. The second kappa shape index (κ2) is 7.10.